The first-order valence-electron chi connectivity index (χ1n) is 9.18. The number of alkyl halides is 3. The van der Waals surface area contributed by atoms with Crippen molar-refractivity contribution in [3.8, 4) is 0 Å². The fourth-order valence-corrected chi connectivity index (χ4v) is 3.84. The monoisotopic (exact) mass is 383 g/mol. The first kappa shape index (κ1) is 21.4. The summed E-state index contributed by atoms with van der Waals surface area (Å²) >= 11 is 0. The number of nitrogens with zero attached hydrogens (tertiary/aromatic N) is 1. The summed E-state index contributed by atoms with van der Waals surface area (Å²) in [6.45, 7) is 7.94. The Hall–Kier alpha value is -0.900. The molecular formula is C17H28F3NO5. The van der Waals surface area contributed by atoms with E-state index in [1.165, 1.54) is 32.2 Å². The summed E-state index contributed by atoms with van der Waals surface area (Å²) in [5, 5.41) is 7.12. The van der Waals surface area contributed by atoms with Crippen molar-refractivity contribution in [2.75, 3.05) is 39.5 Å². The number of hydrogen-bond donors (Lipinski definition) is 1. The second kappa shape index (κ2) is 9.87. The molecule has 6 nitrogen and oxygen atoms in total. The van der Waals surface area contributed by atoms with Gasteiger partial charge >= 0.3 is 12.1 Å². The summed E-state index contributed by atoms with van der Waals surface area (Å²) in [6, 6.07) is 0.591. The van der Waals surface area contributed by atoms with Gasteiger partial charge in [-0.15, -0.1) is 0 Å². The summed E-state index contributed by atoms with van der Waals surface area (Å²) in [4.78, 5) is 11.5. The van der Waals surface area contributed by atoms with Crippen LogP contribution >= 0.6 is 0 Å². The van der Waals surface area contributed by atoms with E-state index < -0.39 is 12.1 Å². The van der Waals surface area contributed by atoms with Crippen LogP contribution in [0.25, 0.3) is 0 Å². The van der Waals surface area contributed by atoms with Gasteiger partial charge < -0.3 is 19.3 Å². The Morgan fingerprint density at radius 3 is 2.46 bits per heavy atom. The minimum Gasteiger partial charge on any atom is -0.475 e. The third kappa shape index (κ3) is 6.07. The standard InChI is InChI=1S/C15H27NO3.C2HF3O2/c1-2-18-14-11-16(10-12-5-8-17-9-6-12)13-4-3-7-19-15(13)14;3-2(4,5)1(6)7/h12-15H,2-11H2,1H3;(H,6,7)/t13-,14+,15+;/m1./s1. The lowest BCUT2D eigenvalue weighted by atomic mass is 9.97. The zero-order chi connectivity index (χ0) is 19.2. The molecule has 0 aromatic rings. The van der Waals surface area contributed by atoms with Gasteiger partial charge in [-0.3, -0.25) is 4.90 Å². The van der Waals surface area contributed by atoms with Crippen LogP contribution in [-0.4, -0.2) is 79.9 Å². The lowest BCUT2D eigenvalue weighted by Crippen LogP contribution is -2.43. The molecule has 9 heteroatoms. The molecule has 1 N–H and O–H groups in total. The van der Waals surface area contributed by atoms with Gasteiger partial charge in [-0.25, -0.2) is 4.79 Å². The van der Waals surface area contributed by atoms with Gasteiger partial charge in [-0.1, -0.05) is 0 Å². The highest BCUT2D eigenvalue weighted by Crippen LogP contribution is 2.32. The Labute approximate surface area is 151 Å². The molecule has 3 rings (SSSR count). The molecule has 0 saturated carbocycles. The number of carboxylic acids is 1. The van der Waals surface area contributed by atoms with Gasteiger partial charge in [0.1, 0.15) is 6.10 Å². The molecule has 0 aliphatic carbocycles. The van der Waals surface area contributed by atoms with Crippen LogP contribution in [0, 0.1) is 5.92 Å². The maximum Gasteiger partial charge on any atom is 0.490 e. The molecule has 152 valence electrons. The predicted molar refractivity (Wildman–Crippen MR) is 87.0 cm³/mol. The molecule has 0 aromatic heterocycles. The summed E-state index contributed by atoms with van der Waals surface area (Å²) in [5.41, 5.74) is 0. The van der Waals surface area contributed by atoms with E-state index in [0.717, 1.165) is 38.9 Å². The third-order valence-electron chi connectivity index (χ3n) is 5.04. The number of rotatable bonds is 4. The van der Waals surface area contributed by atoms with Gasteiger partial charge in [-0.2, -0.15) is 13.2 Å². The lowest BCUT2D eigenvalue weighted by Gasteiger charge is -2.34. The number of ether oxygens (including phenoxy) is 3. The molecule has 0 unspecified atom stereocenters. The molecule has 3 aliphatic rings. The maximum atomic E-state index is 10.6. The van der Waals surface area contributed by atoms with E-state index in [0.29, 0.717) is 12.1 Å². The number of carbonyl (C=O) groups is 1. The van der Waals surface area contributed by atoms with E-state index >= 15 is 0 Å². The van der Waals surface area contributed by atoms with Crippen molar-refractivity contribution in [1.82, 2.24) is 4.90 Å². The van der Waals surface area contributed by atoms with Gasteiger partial charge in [0.25, 0.3) is 0 Å². The normalized spacial score (nSPS) is 30.4. The van der Waals surface area contributed by atoms with Gasteiger partial charge in [0.05, 0.1) is 6.10 Å². The van der Waals surface area contributed by atoms with E-state index in [2.05, 4.69) is 11.8 Å². The second-order valence-electron chi connectivity index (χ2n) is 6.85. The number of aliphatic carboxylic acids is 1. The van der Waals surface area contributed by atoms with E-state index in [1.54, 1.807) is 0 Å². The Kier molecular flexibility index (Phi) is 8.12. The second-order valence-corrected chi connectivity index (χ2v) is 6.85. The molecule has 3 fully saturated rings. The highest BCUT2D eigenvalue weighted by Gasteiger charge is 2.44. The SMILES string of the molecule is CCO[C@H]1CN(CC2CCOCC2)[C@@H]2CCCO[C@H]12.O=C(O)C(F)(F)F. The average molecular weight is 383 g/mol. The number of fused-ring (bicyclic) bond motifs is 1. The van der Waals surface area contributed by atoms with Crippen molar-refractivity contribution < 1.29 is 37.3 Å². The number of halogens is 3. The Balaban J connectivity index is 0.000000298. The highest BCUT2D eigenvalue weighted by atomic mass is 19.4. The summed E-state index contributed by atoms with van der Waals surface area (Å²) < 4.78 is 49.1. The molecule has 3 aliphatic heterocycles. The molecule has 0 bridgehead atoms. The van der Waals surface area contributed by atoms with Crippen LogP contribution in [0.2, 0.25) is 0 Å². The molecule has 3 atom stereocenters. The molecule has 0 amide bonds. The van der Waals surface area contributed by atoms with E-state index in [9.17, 15) is 13.2 Å². The molecule has 0 radical (unpaired) electrons. The smallest absolute Gasteiger partial charge is 0.475 e. The molecule has 3 heterocycles. The predicted octanol–water partition coefficient (Wildman–Crippen LogP) is 2.31. The van der Waals surface area contributed by atoms with E-state index in [-0.39, 0.29) is 6.10 Å². The van der Waals surface area contributed by atoms with Crippen LogP contribution in [0.5, 0.6) is 0 Å². The third-order valence-corrected chi connectivity index (χ3v) is 5.04. The zero-order valence-corrected chi connectivity index (χ0v) is 15.0. The van der Waals surface area contributed by atoms with Gasteiger partial charge in [0.15, 0.2) is 0 Å². The number of likely N-dealkylation sites (tertiary alicyclic amines) is 1. The van der Waals surface area contributed by atoms with Crippen molar-refractivity contribution in [3.63, 3.8) is 0 Å². The molecule has 0 aromatic carbocycles. The minimum absolute atomic E-state index is 0.287. The first-order valence-corrected chi connectivity index (χ1v) is 9.18. The van der Waals surface area contributed by atoms with Gasteiger partial charge in [-0.05, 0) is 38.5 Å². The molecular weight excluding hydrogens is 355 g/mol. The first-order chi connectivity index (χ1) is 12.3. The van der Waals surface area contributed by atoms with E-state index in [1.807, 2.05) is 0 Å². The molecule has 3 saturated heterocycles. The summed E-state index contributed by atoms with van der Waals surface area (Å²) in [7, 11) is 0. The average Bonchev–Trinajstić information content (AvgIpc) is 2.94. The minimum atomic E-state index is -5.08. The van der Waals surface area contributed by atoms with Gasteiger partial charge in [0.2, 0.25) is 0 Å². The zero-order valence-electron chi connectivity index (χ0n) is 15.0. The van der Waals surface area contributed by atoms with Crippen molar-refractivity contribution in [3.05, 3.63) is 0 Å². The van der Waals surface area contributed by atoms with E-state index in [4.69, 9.17) is 24.1 Å². The quantitative estimate of drug-likeness (QED) is 0.804. The Morgan fingerprint density at radius 1 is 1.23 bits per heavy atom. The van der Waals surface area contributed by atoms with Crippen molar-refractivity contribution in [1.29, 1.82) is 0 Å². The Morgan fingerprint density at radius 2 is 1.88 bits per heavy atom. The van der Waals surface area contributed by atoms with Crippen LogP contribution in [0.4, 0.5) is 13.2 Å². The molecule has 26 heavy (non-hydrogen) atoms. The molecule has 0 spiro atoms. The number of hydrogen-bond acceptors (Lipinski definition) is 5. The highest BCUT2D eigenvalue weighted by molar-refractivity contribution is 5.73. The van der Waals surface area contributed by atoms with Crippen LogP contribution in [0.3, 0.4) is 0 Å². The topological polar surface area (TPSA) is 68.2 Å². The van der Waals surface area contributed by atoms with Crippen molar-refractivity contribution >= 4 is 5.97 Å². The summed E-state index contributed by atoms with van der Waals surface area (Å²) in [6.07, 6.45) is 0.424. The largest absolute Gasteiger partial charge is 0.490 e. The van der Waals surface area contributed by atoms with Crippen LogP contribution in [0.1, 0.15) is 32.6 Å². The van der Waals surface area contributed by atoms with Gasteiger partial charge in [0, 0.05) is 45.6 Å². The maximum absolute atomic E-state index is 10.6. The van der Waals surface area contributed by atoms with Crippen LogP contribution in [0.15, 0.2) is 0 Å². The van der Waals surface area contributed by atoms with Crippen molar-refractivity contribution in [2.45, 2.75) is 57.0 Å². The lowest BCUT2D eigenvalue weighted by molar-refractivity contribution is -0.192. The fraction of sp³-hybridized carbons (Fsp3) is 0.941. The van der Waals surface area contributed by atoms with Crippen LogP contribution in [-0.2, 0) is 19.0 Å². The fourth-order valence-electron chi connectivity index (χ4n) is 3.84. The summed E-state index contributed by atoms with van der Waals surface area (Å²) in [5.74, 6) is -1.95. The van der Waals surface area contributed by atoms with Crippen LogP contribution < -0.4 is 0 Å². The Bertz CT molecular complexity index is 443. The number of carboxylic acid groups (broad SMARTS) is 1. The van der Waals surface area contributed by atoms with Crippen molar-refractivity contribution in [2.24, 2.45) is 5.92 Å².